The van der Waals surface area contributed by atoms with Gasteiger partial charge in [-0.2, -0.15) is 0 Å². The first-order valence-corrected chi connectivity index (χ1v) is 7.34. The van der Waals surface area contributed by atoms with E-state index in [2.05, 4.69) is 17.4 Å². The first-order chi connectivity index (χ1) is 8.52. The lowest BCUT2D eigenvalue weighted by Crippen LogP contribution is -2.37. The normalized spacial score (nSPS) is 12.7. The Labute approximate surface area is 113 Å². The second-order valence-corrected chi connectivity index (χ2v) is 5.63. The number of nitrogens with one attached hydrogen (secondary N) is 1. The average Bonchev–Trinajstić information content (AvgIpc) is 2.34. The minimum atomic E-state index is -0.774. The van der Waals surface area contributed by atoms with Crippen molar-refractivity contribution in [2.24, 2.45) is 5.92 Å². The SMILES string of the molecule is CSc1ccc(CN[C@H](CC(C)C)C(=O)O)cc1. The molecule has 0 aliphatic carbocycles. The van der Waals surface area contributed by atoms with E-state index >= 15 is 0 Å². The summed E-state index contributed by atoms with van der Waals surface area (Å²) in [6.07, 6.45) is 2.69. The Hall–Kier alpha value is -1.00. The van der Waals surface area contributed by atoms with Crippen molar-refractivity contribution in [3.63, 3.8) is 0 Å². The molecule has 0 fully saturated rings. The Bertz CT molecular complexity index is 376. The second-order valence-electron chi connectivity index (χ2n) is 4.75. The Morgan fingerprint density at radius 2 is 1.94 bits per heavy atom. The highest BCUT2D eigenvalue weighted by atomic mass is 32.2. The molecule has 1 aromatic rings. The Balaban J connectivity index is 2.52. The zero-order valence-electron chi connectivity index (χ0n) is 11.1. The van der Waals surface area contributed by atoms with Crippen molar-refractivity contribution in [1.29, 1.82) is 0 Å². The summed E-state index contributed by atoms with van der Waals surface area (Å²) in [5.41, 5.74) is 1.11. The van der Waals surface area contributed by atoms with E-state index < -0.39 is 12.0 Å². The minimum absolute atomic E-state index is 0.373. The largest absolute Gasteiger partial charge is 0.480 e. The van der Waals surface area contributed by atoms with E-state index in [1.807, 2.05) is 32.2 Å². The third-order valence-corrected chi connectivity index (χ3v) is 3.46. The molecule has 0 unspecified atom stereocenters. The van der Waals surface area contributed by atoms with Crippen LogP contribution in [0, 0.1) is 5.92 Å². The molecule has 1 aromatic carbocycles. The van der Waals surface area contributed by atoms with Gasteiger partial charge in [-0.05, 0) is 36.3 Å². The summed E-state index contributed by atoms with van der Waals surface area (Å²) in [6.45, 7) is 4.66. The van der Waals surface area contributed by atoms with Crippen molar-refractivity contribution in [1.82, 2.24) is 5.32 Å². The van der Waals surface area contributed by atoms with Crippen LogP contribution in [0.2, 0.25) is 0 Å². The number of carboxylic acid groups (broad SMARTS) is 1. The van der Waals surface area contributed by atoms with Gasteiger partial charge in [0.2, 0.25) is 0 Å². The molecule has 0 amide bonds. The summed E-state index contributed by atoms with van der Waals surface area (Å²) >= 11 is 1.70. The lowest BCUT2D eigenvalue weighted by atomic mass is 10.0. The molecular formula is C14H21NO2S. The van der Waals surface area contributed by atoms with Crippen molar-refractivity contribution in [2.75, 3.05) is 6.26 Å². The number of benzene rings is 1. The van der Waals surface area contributed by atoms with Gasteiger partial charge in [0.15, 0.2) is 0 Å². The van der Waals surface area contributed by atoms with Gasteiger partial charge in [0.05, 0.1) is 0 Å². The predicted octanol–water partition coefficient (Wildman–Crippen LogP) is 3.00. The number of aliphatic carboxylic acids is 1. The van der Waals surface area contributed by atoms with Crippen molar-refractivity contribution >= 4 is 17.7 Å². The molecule has 0 heterocycles. The van der Waals surface area contributed by atoms with Crippen LogP contribution in [0.5, 0.6) is 0 Å². The molecule has 4 heteroatoms. The summed E-state index contributed by atoms with van der Waals surface area (Å²) in [5, 5.41) is 12.2. The van der Waals surface area contributed by atoms with Crippen LogP contribution in [0.4, 0.5) is 0 Å². The lowest BCUT2D eigenvalue weighted by Gasteiger charge is -2.16. The van der Waals surface area contributed by atoms with Crippen molar-refractivity contribution in [3.8, 4) is 0 Å². The molecule has 0 aliphatic rings. The third-order valence-electron chi connectivity index (χ3n) is 2.72. The topological polar surface area (TPSA) is 49.3 Å². The van der Waals surface area contributed by atoms with Gasteiger partial charge in [0, 0.05) is 11.4 Å². The second kappa shape index (κ2) is 7.44. The monoisotopic (exact) mass is 267 g/mol. The summed E-state index contributed by atoms with van der Waals surface area (Å²) in [7, 11) is 0. The molecule has 18 heavy (non-hydrogen) atoms. The van der Waals surface area contributed by atoms with Crippen molar-refractivity contribution in [2.45, 2.75) is 37.8 Å². The van der Waals surface area contributed by atoms with Gasteiger partial charge in [0.25, 0.3) is 0 Å². The summed E-state index contributed by atoms with van der Waals surface area (Å²) in [5.74, 6) is -0.401. The number of hydrogen-bond acceptors (Lipinski definition) is 3. The maximum absolute atomic E-state index is 11.1. The summed E-state index contributed by atoms with van der Waals surface area (Å²) in [4.78, 5) is 12.3. The van der Waals surface area contributed by atoms with E-state index in [-0.39, 0.29) is 0 Å². The predicted molar refractivity (Wildman–Crippen MR) is 75.9 cm³/mol. The van der Waals surface area contributed by atoms with Crippen LogP contribution in [0.25, 0.3) is 0 Å². The minimum Gasteiger partial charge on any atom is -0.480 e. The fourth-order valence-electron chi connectivity index (χ4n) is 1.73. The van der Waals surface area contributed by atoms with Gasteiger partial charge in [-0.25, -0.2) is 0 Å². The van der Waals surface area contributed by atoms with Gasteiger partial charge in [-0.3, -0.25) is 4.79 Å². The van der Waals surface area contributed by atoms with E-state index in [9.17, 15) is 4.79 Å². The maximum atomic E-state index is 11.1. The van der Waals surface area contributed by atoms with E-state index in [0.717, 1.165) is 5.56 Å². The molecule has 1 rings (SSSR count). The standard InChI is InChI=1S/C14H21NO2S/c1-10(2)8-13(14(16)17)15-9-11-4-6-12(18-3)7-5-11/h4-7,10,13,15H,8-9H2,1-3H3,(H,16,17)/t13-/m1/s1. The first kappa shape index (κ1) is 15.1. The third kappa shape index (κ3) is 5.10. The van der Waals surface area contributed by atoms with E-state index in [1.165, 1.54) is 4.90 Å². The van der Waals surface area contributed by atoms with E-state index in [4.69, 9.17) is 5.11 Å². The Kier molecular flexibility index (Phi) is 6.22. The van der Waals surface area contributed by atoms with Crippen LogP contribution < -0.4 is 5.32 Å². The number of carbonyl (C=O) groups is 1. The molecule has 3 nitrogen and oxygen atoms in total. The molecule has 100 valence electrons. The number of rotatable bonds is 7. The molecular weight excluding hydrogens is 246 g/mol. The zero-order valence-corrected chi connectivity index (χ0v) is 12.0. The fourth-order valence-corrected chi connectivity index (χ4v) is 2.14. The molecule has 0 aromatic heterocycles. The quantitative estimate of drug-likeness (QED) is 0.746. The van der Waals surface area contributed by atoms with Gasteiger partial charge >= 0.3 is 5.97 Å². The molecule has 0 aliphatic heterocycles. The number of carboxylic acids is 1. The molecule has 0 saturated heterocycles. The molecule has 0 radical (unpaired) electrons. The smallest absolute Gasteiger partial charge is 0.320 e. The molecule has 0 spiro atoms. The molecule has 2 N–H and O–H groups in total. The van der Waals surface area contributed by atoms with Gasteiger partial charge in [-0.15, -0.1) is 11.8 Å². The lowest BCUT2D eigenvalue weighted by molar-refractivity contribution is -0.140. The number of thioether (sulfide) groups is 1. The van der Waals surface area contributed by atoms with Crippen molar-refractivity contribution < 1.29 is 9.90 Å². The van der Waals surface area contributed by atoms with Crippen LogP contribution >= 0.6 is 11.8 Å². The summed E-state index contributed by atoms with van der Waals surface area (Å²) < 4.78 is 0. The highest BCUT2D eigenvalue weighted by molar-refractivity contribution is 7.98. The van der Waals surface area contributed by atoms with Crippen LogP contribution in [-0.2, 0) is 11.3 Å². The van der Waals surface area contributed by atoms with Crippen LogP contribution in [-0.4, -0.2) is 23.4 Å². The van der Waals surface area contributed by atoms with Gasteiger partial charge in [0.1, 0.15) is 6.04 Å². The maximum Gasteiger partial charge on any atom is 0.320 e. The first-order valence-electron chi connectivity index (χ1n) is 6.12. The van der Waals surface area contributed by atoms with E-state index in [1.54, 1.807) is 11.8 Å². The van der Waals surface area contributed by atoms with E-state index in [0.29, 0.717) is 18.9 Å². The van der Waals surface area contributed by atoms with Gasteiger partial charge in [-0.1, -0.05) is 26.0 Å². The Morgan fingerprint density at radius 1 is 1.33 bits per heavy atom. The molecule has 0 saturated carbocycles. The van der Waals surface area contributed by atoms with Crippen LogP contribution in [0.1, 0.15) is 25.8 Å². The van der Waals surface area contributed by atoms with Crippen LogP contribution in [0.15, 0.2) is 29.2 Å². The number of hydrogen-bond donors (Lipinski definition) is 2. The zero-order chi connectivity index (χ0) is 13.5. The van der Waals surface area contributed by atoms with Crippen LogP contribution in [0.3, 0.4) is 0 Å². The molecule has 1 atom stereocenters. The highest BCUT2D eigenvalue weighted by Crippen LogP contribution is 2.15. The average molecular weight is 267 g/mol. The Morgan fingerprint density at radius 3 is 2.39 bits per heavy atom. The fraction of sp³-hybridized carbons (Fsp3) is 0.500. The molecule has 0 bridgehead atoms. The summed E-state index contributed by atoms with van der Waals surface area (Å²) in [6, 6.07) is 7.71. The highest BCUT2D eigenvalue weighted by Gasteiger charge is 2.17. The van der Waals surface area contributed by atoms with Gasteiger partial charge < -0.3 is 10.4 Å². The van der Waals surface area contributed by atoms with Crippen molar-refractivity contribution in [3.05, 3.63) is 29.8 Å².